The zero-order chi connectivity index (χ0) is 13.0. The van der Waals surface area contributed by atoms with E-state index in [-0.39, 0.29) is 18.3 Å². The molecule has 2 aromatic rings. The zero-order valence-electron chi connectivity index (χ0n) is 9.83. The standard InChI is InChI=1S/C12H13N3O3/c1-17-10-11(13)14-7-15-12(10)18-9-4-2-8(6-16)3-5-9/h2-5,7,16H,6H2,1H3,(H2,13,14,15). The summed E-state index contributed by atoms with van der Waals surface area (Å²) in [6, 6.07) is 6.96. The molecule has 0 atom stereocenters. The van der Waals surface area contributed by atoms with Crippen molar-refractivity contribution < 1.29 is 14.6 Å². The van der Waals surface area contributed by atoms with Crippen LogP contribution in [0.1, 0.15) is 5.56 Å². The van der Waals surface area contributed by atoms with Gasteiger partial charge in [-0.2, -0.15) is 4.98 Å². The molecule has 1 heterocycles. The fraction of sp³-hybridized carbons (Fsp3) is 0.167. The number of nitrogen functional groups attached to an aromatic ring is 1. The van der Waals surface area contributed by atoms with E-state index in [4.69, 9.17) is 20.3 Å². The fourth-order valence-corrected chi connectivity index (χ4v) is 1.41. The molecule has 18 heavy (non-hydrogen) atoms. The van der Waals surface area contributed by atoms with E-state index in [1.54, 1.807) is 24.3 Å². The molecule has 6 nitrogen and oxygen atoms in total. The molecule has 0 bridgehead atoms. The summed E-state index contributed by atoms with van der Waals surface area (Å²) in [5.74, 6) is 1.34. The molecule has 2 rings (SSSR count). The van der Waals surface area contributed by atoms with Gasteiger partial charge >= 0.3 is 0 Å². The maximum Gasteiger partial charge on any atom is 0.268 e. The van der Waals surface area contributed by atoms with Crippen LogP contribution >= 0.6 is 0 Å². The van der Waals surface area contributed by atoms with Gasteiger partial charge in [-0.3, -0.25) is 0 Å². The molecule has 94 valence electrons. The normalized spacial score (nSPS) is 10.1. The third kappa shape index (κ3) is 2.49. The Kier molecular flexibility index (Phi) is 3.59. The van der Waals surface area contributed by atoms with E-state index >= 15 is 0 Å². The fourth-order valence-electron chi connectivity index (χ4n) is 1.41. The predicted molar refractivity (Wildman–Crippen MR) is 65.4 cm³/mol. The lowest BCUT2D eigenvalue weighted by Crippen LogP contribution is -2.00. The minimum Gasteiger partial charge on any atom is -0.489 e. The SMILES string of the molecule is COc1c(N)ncnc1Oc1ccc(CO)cc1. The van der Waals surface area contributed by atoms with Crippen LogP contribution in [-0.4, -0.2) is 22.2 Å². The van der Waals surface area contributed by atoms with Gasteiger partial charge in [-0.05, 0) is 17.7 Å². The number of benzene rings is 1. The van der Waals surface area contributed by atoms with Crippen molar-refractivity contribution in [3.05, 3.63) is 36.2 Å². The van der Waals surface area contributed by atoms with Crippen molar-refractivity contribution in [2.45, 2.75) is 6.61 Å². The molecule has 0 aliphatic heterocycles. The summed E-state index contributed by atoms with van der Waals surface area (Å²) in [5.41, 5.74) is 6.44. The van der Waals surface area contributed by atoms with Crippen molar-refractivity contribution in [1.29, 1.82) is 0 Å². The zero-order valence-corrected chi connectivity index (χ0v) is 9.83. The first-order valence-corrected chi connectivity index (χ1v) is 5.26. The number of anilines is 1. The van der Waals surface area contributed by atoms with Gasteiger partial charge in [0.05, 0.1) is 13.7 Å². The molecule has 0 aliphatic rings. The van der Waals surface area contributed by atoms with Crippen molar-refractivity contribution in [2.75, 3.05) is 12.8 Å². The first-order chi connectivity index (χ1) is 8.74. The molecular formula is C12H13N3O3. The summed E-state index contributed by atoms with van der Waals surface area (Å²) in [5, 5.41) is 8.94. The number of aromatic nitrogens is 2. The Morgan fingerprint density at radius 1 is 1.22 bits per heavy atom. The van der Waals surface area contributed by atoms with Gasteiger partial charge in [0.25, 0.3) is 5.88 Å². The first-order valence-electron chi connectivity index (χ1n) is 5.26. The number of ether oxygens (including phenoxy) is 2. The molecule has 0 saturated carbocycles. The number of hydrogen-bond donors (Lipinski definition) is 2. The summed E-state index contributed by atoms with van der Waals surface area (Å²) >= 11 is 0. The van der Waals surface area contributed by atoms with E-state index < -0.39 is 0 Å². The monoisotopic (exact) mass is 247 g/mol. The number of methoxy groups -OCH3 is 1. The first kappa shape index (κ1) is 12.1. The molecule has 0 saturated heterocycles. The average Bonchev–Trinajstić information content (AvgIpc) is 2.40. The molecule has 0 radical (unpaired) electrons. The van der Waals surface area contributed by atoms with E-state index in [1.807, 2.05) is 0 Å². The molecule has 0 spiro atoms. The van der Waals surface area contributed by atoms with Crippen LogP contribution in [0.4, 0.5) is 5.82 Å². The average molecular weight is 247 g/mol. The van der Waals surface area contributed by atoms with Crippen LogP contribution < -0.4 is 15.2 Å². The van der Waals surface area contributed by atoms with Gasteiger partial charge in [0, 0.05) is 0 Å². The Morgan fingerprint density at radius 3 is 2.56 bits per heavy atom. The van der Waals surface area contributed by atoms with Crippen molar-refractivity contribution in [3.63, 3.8) is 0 Å². The minimum atomic E-state index is -0.00986. The topological polar surface area (TPSA) is 90.5 Å². The van der Waals surface area contributed by atoms with Crippen molar-refractivity contribution in [3.8, 4) is 17.4 Å². The van der Waals surface area contributed by atoms with Gasteiger partial charge in [0.2, 0.25) is 5.75 Å². The number of aliphatic hydroxyl groups excluding tert-OH is 1. The molecule has 0 unspecified atom stereocenters. The van der Waals surface area contributed by atoms with E-state index in [0.717, 1.165) is 5.56 Å². The van der Waals surface area contributed by atoms with Gasteiger partial charge in [0.1, 0.15) is 12.1 Å². The quantitative estimate of drug-likeness (QED) is 0.847. The Balaban J connectivity index is 2.25. The largest absolute Gasteiger partial charge is 0.489 e. The molecular weight excluding hydrogens is 234 g/mol. The van der Waals surface area contributed by atoms with Crippen molar-refractivity contribution >= 4 is 5.82 Å². The molecule has 0 fully saturated rings. The lowest BCUT2D eigenvalue weighted by Gasteiger charge is -2.10. The van der Waals surface area contributed by atoms with Crippen molar-refractivity contribution in [1.82, 2.24) is 9.97 Å². The molecule has 0 aliphatic carbocycles. The molecule has 6 heteroatoms. The van der Waals surface area contributed by atoms with Gasteiger partial charge in [0.15, 0.2) is 5.82 Å². The minimum absolute atomic E-state index is 0.00986. The molecule has 3 N–H and O–H groups in total. The Labute approximate surface area is 104 Å². The maximum atomic E-state index is 8.94. The number of rotatable bonds is 4. The van der Waals surface area contributed by atoms with Crippen LogP contribution in [0, 0.1) is 0 Å². The number of nitrogens with zero attached hydrogens (tertiary/aromatic N) is 2. The summed E-state index contributed by atoms with van der Waals surface area (Å²) < 4.78 is 10.6. The van der Waals surface area contributed by atoms with Gasteiger partial charge in [-0.25, -0.2) is 4.98 Å². The highest BCUT2D eigenvalue weighted by Gasteiger charge is 2.11. The highest BCUT2D eigenvalue weighted by molar-refractivity contribution is 5.52. The Bertz CT molecular complexity index is 529. The van der Waals surface area contributed by atoms with Gasteiger partial charge in [-0.1, -0.05) is 12.1 Å². The number of aliphatic hydroxyl groups is 1. The lowest BCUT2D eigenvalue weighted by atomic mass is 10.2. The van der Waals surface area contributed by atoms with E-state index in [9.17, 15) is 0 Å². The Hall–Kier alpha value is -2.34. The second kappa shape index (κ2) is 5.33. The third-order valence-electron chi connectivity index (χ3n) is 2.32. The summed E-state index contributed by atoms with van der Waals surface area (Å²) in [7, 11) is 1.47. The highest BCUT2D eigenvalue weighted by Crippen LogP contribution is 2.32. The van der Waals surface area contributed by atoms with Crippen LogP contribution in [0.5, 0.6) is 17.4 Å². The Morgan fingerprint density at radius 2 is 1.94 bits per heavy atom. The summed E-state index contributed by atoms with van der Waals surface area (Å²) in [6.45, 7) is -0.00986. The molecule has 0 amide bonds. The summed E-state index contributed by atoms with van der Waals surface area (Å²) in [4.78, 5) is 7.77. The van der Waals surface area contributed by atoms with Crippen LogP contribution in [0.3, 0.4) is 0 Å². The summed E-state index contributed by atoms with van der Waals surface area (Å²) in [6.07, 6.45) is 1.30. The second-order valence-corrected chi connectivity index (χ2v) is 3.50. The molecule has 1 aromatic heterocycles. The predicted octanol–water partition coefficient (Wildman–Crippen LogP) is 1.35. The van der Waals surface area contributed by atoms with Crippen molar-refractivity contribution in [2.24, 2.45) is 0 Å². The highest BCUT2D eigenvalue weighted by atomic mass is 16.5. The van der Waals surface area contributed by atoms with Crippen LogP contribution in [-0.2, 0) is 6.61 Å². The number of hydrogen-bond acceptors (Lipinski definition) is 6. The van der Waals surface area contributed by atoms with Crippen LogP contribution in [0.25, 0.3) is 0 Å². The van der Waals surface area contributed by atoms with Crippen LogP contribution in [0.15, 0.2) is 30.6 Å². The number of nitrogens with two attached hydrogens (primary N) is 1. The van der Waals surface area contributed by atoms with Gasteiger partial charge in [-0.15, -0.1) is 0 Å². The lowest BCUT2D eigenvalue weighted by molar-refractivity contribution is 0.281. The second-order valence-electron chi connectivity index (χ2n) is 3.50. The van der Waals surface area contributed by atoms with E-state index in [1.165, 1.54) is 13.4 Å². The van der Waals surface area contributed by atoms with E-state index in [2.05, 4.69) is 9.97 Å². The van der Waals surface area contributed by atoms with Gasteiger partial charge < -0.3 is 20.3 Å². The van der Waals surface area contributed by atoms with E-state index in [0.29, 0.717) is 11.5 Å². The third-order valence-corrected chi connectivity index (χ3v) is 2.32. The maximum absolute atomic E-state index is 8.94. The van der Waals surface area contributed by atoms with Crippen LogP contribution in [0.2, 0.25) is 0 Å². The molecule has 1 aromatic carbocycles. The smallest absolute Gasteiger partial charge is 0.268 e.